The zero-order chi connectivity index (χ0) is 18.7. The standard InChI is InChI=1S/C13H4BrF7O.CH4O/c14-5-1-7(15)11(8(16)2-5)13(20,21)22-6-3-9(17)12(19)10(18)4-6;1-2/h1-4H;2H,1H3. The molecule has 0 amide bonds. The van der Waals surface area contributed by atoms with Crippen molar-refractivity contribution in [2.45, 2.75) is 6.11 Å². The van der Waals surface area contributed by atoms with Crippen molar-refractivity contribution >= 4 is 15.9 Å². The van der Waals surface area contributed by atoms with Crippen molar-refractivity contribution < 1.29 is 40.6 Å². The summed E-state index contributed by atoms with van der Waals surface area (Å²) < 4.78 is 97.0. The molecule has 0 radical (unpaired) electrons. The highest BCUT2D eigenvalue weighted by atomic mass is 79.9. The molecular formula is C14H8BrF7O2. The third-order valence-electron chi connectivity index (χ3n) is 2.50. The highest BCUT2D eigenvalue weighted by Crippen LogP contribution is 2.36. The second-order valence-corrected chi connectivity index (χ2v) is 4.98. The monoisotopic (exact) mass is 420 g/mol. The number of aliphatic hydroxyl groups is 1. The van der Waals surface area contributed by atoms with Crippen LogP contribution in [0.2, 0.25) is 0 Å². The van der Waals surface area contributed by atoms with Crippen molar-refractivity contribution in [3.8, 4) is 5.75 Å². The summed E-state index contributed by atoms with van der Waals surface area (Å²) in [7, 11) is 1.00. The van der Waals surface area contributed by atoms with E-state index in [0.717, 1.165) is 7.11 Å². The molecule has 2 nitrogen and oxygen atoms in total. The zero-order valence-corrected chi connectivity index (χ0v) is 13.3. The van der Waals surface area contributed by atoms with Crippen LogP contribution in [0.15, 0.2) is 28.7 Å². The molecule has 2 aromatic carbocycles. The second kappa shape index (κ2) is 7.84. The maximum absolute atomic E-state index is 13.8. The molecule has 0 fully saturated rings. The fourth-order valence-corrected chi connectivity index (χ4v) is 2.01. The Morgan fingerprint density at radius 3 is 1.67 bits per heavy atom. The Morgan fingerprint density at radius 1 is 0.833 bits per heavy atom. The lowest BCUT2D eigenvalue weighted by Crippen LogP contribution is -2.25. The van der Waals surface area contributed by atoms with Gasteiger partial charge in [-0.15, -0.1) is 0 Å². The molecular weight excluding hydrogens is 413 g/mol. The largest absolute Gasteiger partial charge is 0.432 e. The number of rotatable bonds is 3. The molecule has 0 bridgehead atoms. The van der Waals surface area contributed by atoms with E-state index >= 15 is 0 Å². The molecule has 0 atom stereocenters. The number of hydrogen-bond acceptors (Lipinski definition) is 2. The van der Waals surface area contributed by atoms with Gasteiger partial charge in [-0.2, -0.15) is 8.78 Å². The SMILES string of the molecule is CO.Fc1cc(OC(F)(F)c2c(F)cc(Br)cc2F)cc(F)c1F. The summed E-state index contributed by atoms with van der Waals surface area (Å²) in [5, 5.41) is 7.00. The molecule has 2 aromatic rings. The van der Waals surface area contributed by atoms with Gasteiger partial charge in [-0.25, -0.2) is 22.0 Å². The Balaban J connectivity index is 0.00000139. The Bertz CT molecular complexity index is 691. The molecule has 0 aliphatic heterocycles. The molecule has 2 rings (SSSR count). The predicted octanol–water partition coefficient (Wildman–Crippen LogP) is 4.88. The average Bonchev–Trinajstić information content (AvgIpc) is 2.44. The van der Waals surface area contributed by atoms with E-state index in [4.69, 9.17) is 5.11 Å². The molecule has 0 saturated carbocycles. The van der Waals surface area contributed by atoms with Crippen LogP contribution in [0, 0.1) is 29.1 Å². The van der Waals surface area contributed by atoms with Crippen LogP contribution in [0.25, 0.3) is 0 Å². The van der Waals surface area contributed by atoms with E-state index in [1.165, 1.54) is 0 Å². The van der Waals surface area contributed by atoms with Crippen LogP contribution in [-0.2, 0) is 6.11 Å². The van der Waals surface area contributed by atoms with E-state index in [9.17, 15) is 30.7 Å². The second-order valence-electron chi connectivity index (χ2n) is 4.06. The van der Waals surface area contributed by atoms with E-state index < -0.39 is 46.5 Å². The Labute approximate surface area is 139 Å². The van der Waals surface area contributed by atoms with Gasteiger partial charge in [-0.05, 0) is 12.1 Å². The molecule has 10 heteroatoms. The van der Waals surface area contributed by atoms with E-state index in [-0.39, 0.29) is 16.6 Å². The van der Waals surface area contributed by atoms with Crippen molar-refractivity contribution in [2.75, 3.05) is 7.11 Å². The zero-order valence-electron chi connectivity index (χ0n) is 11.7. The van der Waals surface area contributed by atoms with Gasteiger partial charge in [0.25, 0.3) is 0 Å². The number of ether oxygens (including phenoxy) is 1. The minimum absolute atomic E-state index is 0.126. The molecule has 0 spiro atoms. The molecule has 0 saturated heterocycles. The van der Waals surface area contributed by atoms with E-state index in [1.54, 1.807) is 0 Å². The first-order chi connectivity index (χ1) is 11.1. The summed E-state index contributed by atoms with van der Waals surface area (Å²) in [6, 6.07) is 1.37. The van der Waals surface area contributed by atoms with Gasteiger partial charge in [0.15, 0.2) is 17.5 Å². The Morgan fingerprint density at radius 2 is 1.25 bits per heavy atom. The molecule has 0 aliphatic rings. The number of alkyl halides is 2. The van der Waals surface area contributed by atoms with Crippen molar-refractivity contribution in [2.24, 2.45) is 0 Å². The van der Waals surface area contributed by atoms with Gasteiger partial charge in [-0.1, -0.05) is 15.9 Å². The number of benzene rings is 2. The molecule has 1 N–H and O–H groups in total. The normalized spacial score (nSPS) is 10.9. The predicted molar refractivity (Wildman–Crippen MR) is 73.0 cm³/mol. The summed E-state index contributed by atoms with van der Waals surface area (Å²) in [6.45, 7) is 0. The fourth-order valence-electron chi connectivity index (χ4n) is 1.61. The summed E-state index contributed by atoms with van der Waals surface area (Å²) in [5.74, 6) is -9.88. The first kappa shape index (κ1) is 20.2. The lowest BCUT2D eigenvalue weighted by Gasteiger charge is -2.19. The lowest BCUT2D eigenvalue weighted by atomic mass is 10.2. The molecule has 132 valence electrons. The lowest BCUT2D eigenvalue weighted by molar-refractivity contribution is -0.189. The van der Waals surface area contributed by atoms with Crippen molar-refractivity contribution in [3.63, 3.8) is 0 Å². The smallest absolute Gasteiger partial charge is 0.429 e. The average molecular weight is 421 g/mol. The van der Waals surface area contributed by atoms with Gasteiger partial charge < -0.3 is 9.84 Å². The van der Waals surface area contributed by atoms with E-state index in [1.807, 2.05) is 0 Å². The van der Waals surface area contributed by atoms with Gasteiger partial charge in [0.05, 0.1) is 0 Å². The highest BCUT2D eigenvalue weighted by Gasteiger charge is 2.41. The minimum Gasteiger partial charge on any atom is -0.429 e. The molecule has 0 unspecified atom stereocenters. The third kappa shape index (κ3) is 4.38. The van der Waals surface area contributed by atoms with Gasteiger partial charge in [0, 0.05) is 23.7 Å². The van der Waals surface area contributed by atoms with Gasteiger partial charge >= 0.3 is 6.11 Å². The topological polar surface area (TPSA) is 29.5 Å². The Hall–Kier alpha value is -1.81. The molecule has 0 aliphatic carbocycles. The van der Waals surface area contributed by atoms with Crippen LogP contribution in [0.3, 0.4) is 0 Å². The maximum Gasteiger partial charge on any atom is 0.432 e. The van der Waals surface area contributed by atoms with E-state index in [0.29, 0.717) is 12.1 Å². The third-order valence-corrected chi connectivity index (χ3v) is 2.96. The Kier molecular flexibility index (Phi) is 6.61. The van der Waals surface area contributed by atoms with Crippen LogP contribution >= 0.6 is 15.9 Å². The molecule has 0 heterocycles. The molecule has 0 aromatic heterocycles. The van der Waals surface area contributed by atoms with E-state index in [2.05, 4.69) is 20.7 Å². The molecule has 24 heavy (non-hydrogen) atoms. The first-order valence-electron chi connectivity index (χ1n) is 5.93. The number of hydrogen-bond donors (Lipinski definition) is 1. The number of aliphatic hydroxyl groups excluding tert-OH is 1. The summed E-state index contributed by atoms with van der Waals surface area (Å²) in [5.41, 5.74) is -1.75. The summed E-state index contributed by atoms with van der Waals surface area (Å²) in [4.78, 5) is 0. The van der Waals surface area contributed by atoms with Gasteiger partial charge in [0.1, 0.15) is 22.9 Å². The first-order valence-corrected chi connectivity index (χ1v) is 6.72. The van der Waals surface area contributed by atoms with Crippen molar-refractivity contribution in [1.82, 2.24) is 0 Å². The van der Waals surface area contributed by atoms with Crippen LogP contribution in [0.5, 0.6) is 5.75 Å². The maximum atomic E-state index is 13.8. The summed E-state index contributed by atoms with van der Waals surface area (Å²) in [6.07, 6.45) is -4.58. The van der Waals surface area contributed by atoms with Crippen molar-refractivity contribution in [3.05, 3.63) is 63.4 Å². The van der Waals surface area contributed by atoms with Crippen LogP contribution in [0.4, 0.5) is 30.7 Å². The summed E-state index contributed by atoms with van der Waals surface area (Å²) >= 11 is 2.70. The highest BCUT2D eigenvalue weighted by molar-refractivity contribution is 9.10. The number of halogens is 8. The minimum atomic E-state index is -4.58. The van der Waals surface area contributed by atoms with Crippen molar-refractivity contribution in [1.29, 1.82) is 0 Å². The fraction of sp³-hybridized carbons (Fsp3) is 0.143. The van der Waals surface area contributed by atoms with Crippen LogP contribution < -0.4 is 4.74 Å². The van der Waals surface area contributed by atoms with Gasteiger partial charge in [-0.3, -0.25) is 0 Å². The van der Waals surface area contributed by atoms with Crippen LogP contribution in [0.1, 0.15) is 5.56 Å². The quantitative estimate of drug-likeness (QED) is 0.566. The van der Waals surface area contributed by atoms with Crippen LogP contribution in [-0.4, -0.2) is 12.2 Å². The van der Waals surface area contributed by atoms with Gasteiger partial charge in [0.2, 0.25) is 0 Å².